The number of alkyl halides is 12. The number of nitrogen functional groups attached to an aromatic ring is 1. The van der Waals surface area contributed by atoms with Gasteiger partial charge in [-0.15, -0.1) is 111 Å². The van der Waals surface area contributed by atoms with Gasteiger partial charge in [-0.25, -0.2) is 57.5 Å². The summed E-state index contributed by atoms with van der Waals surface area (Å²) in [5.74, 6) is -14.7. The molecule has 140 heavy (non-hydrogen) atoms. The molecule has 10 heterocycles. The van der Waals surface area contributed by atoms with Crippen molar-refractivity contribution in [3.05, 3.63) is 123 Å². The van der Waals surface area contributed by atoms with E-state index < -0.39 is 67.4 Å². The SMILES string of the molecule is CC(C)(C)OC(=O)Nc1sc(C2CC2)c2c1CCC(F)(F)C2.CC(C)(Sc1nnc(Br)n1-c1sc(C2CC2)c2c1CCC(F)(F)C2)C(=O)O.COC(=O)C(C)(C)Sc1nnc(Br)n1-c1sc(C2CC2)c2c1CCC(F)(F)C2.COC(=O)C(C)(C)Sc1nncn1-c1sc(C2CC2)c2c1CCC(F)(F)C2.Cl.FC1(F)CCc2c(-n3cn[nH]c3=S)sc(C3CC3)c2C1.Nc1sc(C2CC2)c2c1CCC(F)(F)C2. The number of hydrogen-bond acceptors (Lipinski definition) is 25. The number of nitrogens with one attached hydrogen (secondary N) is 2. The van der Waals surface area contributed by atoms with Crippen molar-refractivity contribution in [1.82, 2.24) is 59.1 Å². The first-order valence-electron chi connectivity index (χ1n) is 46.3. The Kier molecular flexibility index (Phi) is 30.9. The maximum Gasteiger partial charge on any atom is 0.412 e. The molecule has 6 fully saturated rings. The highest BCUT2D eigenvalue weighted by atomic mass is 79.9. The van der Waals surface area contributed by atoms with Gasteiger partial charge in [0.25, 0.3) is 35.5 Å². The highest BCUT2D eigenvalue weighted by molar-refractivity contribution is 9.10. The summed E-state index contributed by atoms with van der Waals surface area (Å²) in [6, 6.07) is 0. The standard InChI is InChI=1S/C18H20BrF2N3O2S2.C18H21F2N3O2S2.C17H18BrF2N3O2S2.C16H21F2NO2S.C13H13F2N3S2.C11H13F2NS.ClH/c1-17(2,14(25)26-3)28-16-23-22-15(19)24(16)13-10-6-7-18(20,21)8-11(10)12(27-13)9-4-5-9;1-17(2,15(24)25-3)27-16-22-21-9-23(16)14-11-6-7-18(19,20)8-12(11)13(26-14)10-4-5-10;1-16(2,13(24)25)27-15-22-21-14(18)23(15)12-9-5-6-17(19,20)7-10(9)11(26-12)8-3-4-8;1-15(2,3)21-14(20)19-13-10-6-7-16(17,18)8-11(10)12(22-13)9-4-5-9;14-13(15)4-3-8-9(5-13)10(7-1-2-7)20-11(8)18-6-16-17-12(18)19;12-11(13)4-3-7-8(5-11)9(6-1-2-6)15-10(7)14;/h9H,4-8H2,1-3H3;9-10H,4-8H2,1-3H3;8H,3-7H2,1-2H3,(H,24,25);9H,4-8H2,1-3H3,(H,19,20);6-7H,1-5H2,(H,17,19);6H,1-5,14H2;1H. The van der Waals surface area contributed by atoms with Gasteiger partial charge in [0.15, 0.2) is 20.2 Å². The van der Waals surface area contributed by atoms with E-state index in [0.29, 0.717) is 109 Å². The van der Waals surface area contributed by atoms with Gasteiger partial charge in [0.2, 0.25) is 9.47 Å². The van der Waals surface area contributed by atoms with Crippen molar-refractivity contribution in [2.75, 3.05) is 25.3 Å². The largest absolute Gasteiger partial charge is 0.480 e. The van der Waals surface area contributed by atoms with E-state index in [2.05, 4.69) is 78.0 Å². The van der Waals surface area contributed by atoms with Crippen molar-refractivity contribution in [2.24, 2.45) is 0 Å². The van der Waals surface area contributed by atoms with Gasteiger partial charge in [-0.3, -0.25) is 43.1 Å². The lowest BCUT2D eigenvalue weighted by atomic mass is 9.89. The number of aliphatic carboxylic acids is 1. The minimum absolute atomic E-state index is 0. The van der Waals surface area contributed by atoms with E-state index in [1.807, 2.05) is 13.7 Å². The predicted molar refractivity (Wildman–Crippen MR) is 535 cm³/mol. The maximum absolute atomic E-state index is 14.1. The van der Waals surface area contributed by atoms with Crippen LogP contribution in [0.2, 0.25) is 0 Å². The van der Waals surface area contributed by atoms with Crippen LogP contribution in [-0.4, -0.2) is 158 Å². The fourth-order valence-electron chi connectivity index (χ4n) is 18.1. The lowest BCUT2D eigenvalue weighted by Crippen LogP contribution is -2.29. The number of aromatic nitrogens is 12. The van der Waals surface area contributed by atoms with Gasteiger partial charge in [-0.05, 0) is 324 Å². The van der Waals surface area contributed by atoms with E-state index in [4.69, 9.17) is 32.2 Å². The van der Waals surface area contributed by atoms with Crippen LogP contribution in [0.15, 0.2) is 37.6 Å². The zero-order chi connectivity index (χ0) is 99.9. The number of rotatable bonds is 20. The number of amides is 1. The number of thiophene rings is 6. The summed E-state index contributed by atoms with van der Waals surface area (Å²) < 4.78 is 187. The van der Waals surface area contributed by atoms with Crippen molar-refractivity contribution in [3.63, 3.8) is 0 Å². The molecule has 47 heteroatoms. The fraction of sp³-hybridized carbons (Fsp3) is 0.613. The molecule has 0 radical (unpaired) electrons. The number of hydrogen-bond donors (Lipinski definition) is 4. The average molecular weight is 2290 g/mol. The van der Waals surface area contributed by atoms with Crippen LogP contribution >= 0.6 is 160 Å². The normalized spacial score (nSPS) is 19.9. The molecule has 0 aliphatic heterocycles. The van der Waals surface area contributed by atoms with Crippen LogP contribution in [0.3, 0.4) is 0 Å². The first-order valence-corrected chi connectivity index (χ1v) is 55.7. The second-order valence-electron chi connectivity index (χ2n) is 40.2. The van der Waals surface area contributed by atoms with E-state index in [1.54, 1.807) is 125 Å². The molecule has 0 atom stereocenters. The number of thioether (sulfide) groups is 3. The number of halogens is 15. The monoisotopic (exact) mass is 2290 g/mol. The highest BCUT2D eigenvalue weighted by Gasteiger charge is 2.50. The number of carboxylic acids is 1. The van der Waals surface area contributed by atoms with Crippen LogP contribution < -0.4 is 11.1 Å². The molecule has 0 bridgehead atoms. The number of carboxylic acid groups (broad SMARTS) is 1. The first-order chi connectivity index (χ1) is 65.2. The van der Waals surface area contributed by atoms with E-state index in [0.717, 1.165) is 210 Å². The summed E-state index contributed by atoms with van der Waals surface area (Å²) in [6.45, 7) is 15.7. The van der Waals surface area contributed by atoms with Crippen molar-refractivity contribution in [2.45, 2.75) is 361 Å². The molecule has 5 N–H and O–H groups in total. The molecular formula is C93H107Br2ClF12N14O8S10. The van der Waals surface area contributed by atoms with Crippen molar-refractivity contribution in [3.8, 4) is 20.0 Å². The van der Waals surface area contributed by atoms with E-state index in [1.165, 1.54) is 60.4 Å². The smallest absolute Gasteiger partial charge is 0.412 e. The molecule has 22 nitrogen and oxygen atoms in total. The molecule has 12 aliphatic carbocycles. The van der Waals surface area contributed by atoms with Crippen LogP contribution in [0, 0.1) is 4.77 Å². The van der Waals surface area contributed by atoms with Gasteiger partial charge >= 0.3 is 24.0 Å². The predicted octanol–water partition coefficient (Wildman–Crippen LogP) is 27.4. The summed E-state index contributed by atoms with van der Waals surface area (Å²) in [6.07, 6.45) is 16.2. The Morgan fingerprint density at radius 1 is 0.436 bits per heavy atom. The van der Waals surface area contributed by atoms with Crippen LogP contribution in [0.5, 0.6) is 0 Å². The Morgan fingerprint density at radius 2 is 0.743 bits per heavy atom. The summed E-state index contributed by atoms with van der Waals surface area (Å²) >= 11 is 25.0. The molecule has 0 spiro atoms. The highest BCUT2D eigenvalue weighted by Crippen LogP contribution is 2.60. The molecule has 22 rings (SSSR count). The second kappa shape index (κ2) is 40.5. The number of ether oxygens (including phenoxy) is 3. The number of nitrogens with two attached hydrogens (primary N) is 1. The van der Waals surface area contributed by atoms with Crippen molar-refractivity contribution < 1.29 is 91.2 Å². The summed E-state index contributed by atoms with van der Waals surface area (Å²) in [5, 5.41) is 50.2. The molecule has 0 saturated heterocycles. The number of methoxy groups -OCH3 is 2. The third-order valence-corrected chi connectivity index (χ3v) is 39.2. The van der Waals surface area contributed by atoms with Crippen molar-refractivity contribution in [1.29, 1.82) is 0 Å². The third-order valence-electron chi connectivity index (χ3n) is 26.2. The number of H-pyrrole nitrogens is 1. The Hall–Kier alpha value is -6.08. The maximum atomic E-state index is 14.1. The summed E-state index contributed by atoms with van der Waals surface area (Å²) in [4.78, 5) is 54.2. The molecule has 762 valence electrons. The quantitative estimate of drug-likeness (QED) is 0.0181. The molecule has 10 aromatic rings. The minimum Gasteiger partial charge on any atom is -0.480 e. The van der Waals surface area contributed by atoms with Gasteiger partial charge in [-0.1, -0.05) is 35.3 Å². The number of nitrogens with zero attached hydrogens (tertiary/aromatic N) is 11. The number of anilines is 2. The zero-order valence-corrected chi connectivity index (χ0v) is 90.6. The van der Waals surface area contributed by atoms with E-state index in [9.17, 15) is 77.0 Å². The number of carbonyl (C=O) groups is 4. The molecule has 1 amide bonds. The van der Waals surface area contributed by atoms with Crippen LogP contribution in [-0.2, 0) is 106 Å². The third kappa shape index (κ3) is 24.2. The van der Waals surface area contributed by atoms with Gasteiger partial charge in [0.05, 0.1) is 19.2 Å². The number of aromatic amines is 1. The van der Waals surface area contributed by atoms with E-state index >= 15 is 0 Å². The Morgan fingerprint density at radius 3 is 1.09 bits per heavy atom. The topological polar surface area (TPSA) is 280 Å². The first kappa shape index (κ1) is 107. The Balaban J connectivity index is 0.000000122. The second-order valence-corrected chi connectivity index (χ2v) is 53.1. The number of esters is 2. The summed E-state index contributed by atoms with van der Waals surface area (Å²) in [5.41, 5.74) is 16.1. The molecular weight excluding hydrogens is 2190 g/mol. The lowest BCUT2D eigenvalue weighted by molar-refractivity contribution is -0.143. The fourth-order valence-corrected chi connectivity index (χ4v) is 31.5. The average Bonchev–Trinajstić information content (AvgIpc) is 1.58. The molecule has 6 saturated carbocycles. The van der Waals surface area contributed by atoms with Gasteiger partial charge in [0.1, 0.15) is 57.5 Å². The number of carbonyl (C=O) groups excluding carboxylic acids is 3. The van der Waals surface area contributed by atoms with Crippen LogP contribution in [0.4, 0.5) is 67.5 Å². The van der Waals surface area contributed by atoms with Gasteiger partial charge in [-0.2, -0.15) is 5.10 Å². The zero-order valence-electron chi connectivity index (χ0n) is 78.4. The van der Waals surface area contributed by atoms with Crippen molar-refractivity contribution >= 4 is 194 Å². The van der Waals surface area contributed by atoms with E-state index in [-0.39, 0.29) is 101 Å². The Bertz CT molecular complexity index is 6410. The molecule has 12 aliphatic rings. The molecule has 0 aromatic carbocycles. The van der Waals surface area contributed by atoms with Crippen LogP contribution in [0.1, 0.15) is 309 Å². The lowest BCUT2D eigenvalue weighted by Gasteiger charge is -2.24. The number of fused-ring (bicyclic) bond motifs is 6. The minimum atomic E-state index is -2.66. The van der Waals surface area contributed by atoms with Gasteiger partial charge in [0, 0.05) is 106 Å². The molecule has 0 unspecified atom stereocenters. The van der Waals surface area contributed by atoms with Gasteiger partial charge < -0.3 is 25.1 Å². The Labute approximate surface area is 866 Å². The summed E-state index contributed by atoms with van der Waals surface area (Å²) in [7, 11) is 2.70. The van der Waals surface area contributed by atoms with Crippen LogP contribution in [0.25, 0.3) is 20.0 Å². The molecule has 10 aromatic heterocycles.